The summed E-state index contributed by atoms with van der Waals surface area (Å²) in [6, 6.07) is 21.8. The zero-order chi connectivity index (χ0) is 19.9. The number of carbonyl (C=O) groups is 1. The summed E-state index contributed by atoms with van der Waals surface area (Å²) in [5, 5.41) is 5.85. The van der Waals surface area contributed by atoms with Gasteiger partial charge in [0.2, 0.25) is 5.91 Å². The van der Waals surface area contributed by atoms with Gasteiger partial charge in [0.25, 0.3) is 0 Å². The van der Waals surface area contributed by atoms with E-state index in [1.807, 2.05) is 54.6 Å². The lowest BCUT2D eigenvalue weighted by Gasteiger charge is -2.20. The summed E-state index contributed by atoms with van der Waals surface area (Å²) in [6.45, 7) is 0.0289. The Hall–Kier alpha value is -2.70. The van der Waals surface area contributed by atoms with E-state index in [-0.39, 0.29) is 24.2 Å². The van der Waals surface area contributed by atoms with Crippen molar-refractivity contribution >= 4 is 27.5 Å². The molecule has 4 nitrogen and oxygen atoms in total. The highest BCUT2D eigenvalue weighted by molar-refractivity contribution is 9.10. The Morgan fingerprint density at radius 1 is 1.04 bits per heavy atom. The molecule has 6 heteroatoms. The van der Waals surface area contributed by atoms with E-state index in [0.717, 1.165) is 16.9 Å². The third-order valence-corrected chi connectivity index (χ3v) is 4.75. The molecule has 1 atom stereocenters. The number of nitrogens with one attached hydrogen (secondary N) is 2. The SMILES string of the molecule is COc1ccc([C@H](NCC(=O)Nc2ccc(Br)cc2F)c2ccccc2)cc1. The van der Waals surface area contributed by atoms with Crippen LogP contribution in [0.4, 0.5) is 10.1 Å². The Kier molecular flexibility index (Phi) is 6.79. The van der Waals surface area contributed by atoms with Gasteiger partial charge in [0.05, 0.1) is 25.4 Å². The van der Waals surface area contributed by atoms with Crippen molar-refractivity contribution in [1.82, 2.24) is 5.32 Å². The Balaban J connectivity index is 1.73. The second-order valence-electron chi connectivity index (χ2n) is 6.17. The van der Waals surface area contributed by atoms with Crippen molar-refractivity contribution in [2.75, 3.05) is 19.0 Å². The zero-order valence-corrected chi connectivity index (χ0v) is 16.9. The molecule has 3 aromatic carbocycles. The van der Waals surface area contributed by atoms with Crippen LogP contribution in [0, 0.1) is 5.82 Å². The minimum atomic E-state index is -0.488. The number of halogens is 2. The van der Waals surface area contributed by atoms with Crippen LogP contribution in [0.25, 0.3) is 0 Å². The number of ether oxygens (including phenoxy) is 1. The molecule has 0 unspecified atom stereocenters. The van der Waals surface area contributed by atoms with Crippen LogP contribution >= 0.6 is 15.9 Å². The van der Waals surface area contributed by atoms with Crippen LogP contribution in [0.15, 0.2) is 77.3 Å². The highest BCUT2D eigenvalue weighted by atomic mass is 79.9. The Morgan fingerprint density at radius 2 is 1.71 bits per heavy atom. The Labute approximate surface area is 171 Å². The topological polar surface area (TPSA) is 50.4 Å². The van der Waals surface area contributed by atoms with Crippen molar-refractivity contribution in [2.45, 2.75) is 6.04 Å². The standard InChI is InChI=1S/C22H20BrFN2O2/c1-28-18-10-7-16(8-11-18)22(15-5-3-2-4-6-15)25-14-21(27)26-20-12-9-17(23)13-19(20)24/h2-13,22,25H,14H2,1H3,(H,26,27)/t22-/m1/s1. The van der Waals surface area contributed by atoms with E-state index in [1.54, 1.807) is 13.2 Å². The van der Waals surface area contributed by atoms with Crippen molar-refractivity contribution in [2.24, 2.45) is 0 Å². The first kappa shape index (κ1) is 20.0. The summed E-state index contributed by atoms with van der Waals surface area (Å²) < 4.78 is 19.8. The van der Waals surface area contributed by atoms with Gasteiger partial charge in [0, 0.05) is 4.47 Å². The first-order valence-corrected chi connectivity index (χ1v) is 9.53. The zero-order valence-electron chi connectivity index (χ0n) is 15.3. The molecule has 3 rings (SSSR count). The van der Waals surface area contributed by atoms with E-state index in [2.05, 4.69) is 26.6 Å². The highest BCUT2D eigenvalue weighted by Gasteiger charge is 2.16. The fourth-order valence-corrected chi connectivity index (χ4v) is 3.18. The number of methoxy groups -OCH3 is 1. The molecule has 3 aromatic rings. The number of amides is 1. The molecule has 0 aliphatic carbocycles. The van der Waals surface area contributed by atoms with E-state index < -0.39 is 5.82 Å². The van der Waals surface area contributed by atoms with E-state index in [9.17, 15) is 9.18 Å². The predicted octanol–water partition coefficient (Wildman–Crippen LogP) is 4.91. The van der Waals surface area contributed by atoms with Gasteiger partial charge in [-0.3, -0.25) is 10.1 Å². The van der Waals surface area contributed by atoms with Crippen molar-refractivity contribution in [3.63, 3.8) is 0 Å². The van der Waals surface area contributed by atoms with Gasteiger partial charge >= 0.3 is 0 Å². The molecular formula is C22H20BrFN2O2. The van der Waals surface area contributed by atoms with Gasteiger partial charge < -0.3 is 10.1 Å². The smallest absolute Gasteiger partial charge is 0.238 e. The number of anilines is 1. The molecule has 0 radical (unpaired) electrons. The Morgan fingerprint density at radius 3 is 2.36 bits per heavy atom. The first-order valence-electron chi connectivity index (χ1n) is 8.74. The summed E-state index contributed by atoms with van der Waals surface area (Å²) in [7, 11) is 1.62. The van der Waals surface area contributed by atoms with Crippen LogP contribution in [-0.2, 0) is 4.79 Å². The molecule has 0 aliphatic rings. The van der Waals surface area contributed by atoms with Crippen molar-refractivity contribution in [1.29, 1.82) is 0 Å². The fourth-order valence-electron chi connectivity index (χ4n) is 2.85. The van der Waals surface area contributed by atoms with Crippen LogP contribution < -0.4 is 15.4 Å². The molecule has 0 saturated carbocycles. The lowest BCUT2D eigenvalue weighted by atomic mass is 9.98. The molecule has 0 spiro atoms. The average Bonchev–Trinajstić information content (AvgIpc) is 2.71. The fraction of sp³-hybridized carbons (Fsp3) is 0.136. The molecule has 1 amide bonds. The van der Waals surface area contributed by atoms with Crippen molar-refractivity contribution in [3.8, 4) is 5.75 Å². The minimum Gasteiger partial charge on any atom is -0.497 e. The number of hydrogen-bond donors (Lipinski definition) is 2. The molecular weight excluding hydrogens is 423 g/mol. The van der Waals surface area contributed by atoms with Gasteiger partial charge in [-0.05, 0) is 41.5 Å². The maximum absolute atomic E-state index is 13.9. The number of benzene rings is 3. The van der Waals surface area contributed by atoms with Crippen LogP contribution in [0.3, 0.4) is 0 Å². The van der Waals surface area contributed by atoms with Crippen LogP contribution in [-0.4, -0.2) is 19.6 Å². The first-order chi connectivity index (χ1) is 13.6. The molecule has 0 aromatic heterocycles. The molecule has 144 valence electrons. The molecule has 28 heavy (non-hydrogen) atoms. The van der Waals surface area contributed by atoms with Gasteiger partial charge in [-0.1, -0.05) is 58.4 Å². The number of carbonyl (C=O) groups excluding carboxylic acids is 1. The Bertz CT molecular complexity index is 933. The van der Waals surface area contributed by atoms with Gasteiger partial charge in [-0.2, -0.15) is 0 Å². The molecule has 0 saturated heterocycles. The van der Waals surface area contributed by atoms with Crippen LogP contribution in [0.1, 0.15) is 17.2 Å². The van der Waals surface area contributed by atoms with Crippen molar-refractivity contribution in [3.05, 3.63) is 94.2 Å². The van der Waals surface area contributed by atoms with Gasteiger partial charge in [0.15, 0.2) is 0 Å². The lowest BCUT2D eigenvalue weighted by molar-refractivity contribution is -0.115. The summed E-state index contributed by atoms with van der Waals surface area (Å²) in [6.07, 6.45) is 0. The molecule has 0 heterocycles. The molecule has 0 bridgehead atoms. The van der Waals surface area contributed by atoms with Gasteiger partial charge in [-0.25, -0.2) is 4.39 Å². The highest BCUT2D eigenvalue weighted by Crippen LogP contribution is 2.24. The predicted molar refractivity (Wildman–Crippen MR) is 112 cm³/mol. The molecule has 2 N–H and O–H groups in total. The van der Waals surface area contributed by atoms with E-state index in [4.69, 9.17) is 4.74 Å². The van der Waals surface area contributed by atoms with Gasteiger partial charge in [0.1, 0.15) is 11.6 Å². The minimum absolute atomic E-state index is 0.0289. The summed E-state index contributed by atoms with van der Waals surface area (Å²) in [5.41, 5.74) is 2.17. The quantitative estimate of drug-likeness (QED) is 0.546. The summed E-state index contributed by atoms with van der Waals surface area (Å²) in [4.78, 5) is 12.3. The normalized spacial score (nSPS) is 11.7. The van der Waals surface area contributed by atoms with E-state index >= 15 is 0 Å². The largest absolute Gasteiger partial charge is 0.497 e. The maximum Gasteiger partial charge on any atom is 0.238 e. The third kappa shape index (κ3) is 5.18. The summed E-state index contributed by atoms with van der Waals surface area (Å²) >= 11 is 3.20. The average molecular weight is 443 g/mol. The van der Waals surface area contributed by atoms with Crippen molar-refractivity contribution < 1.29 is 13.9 Å². The van der Waals surface area contributed by atoms with E-state index in [1.165, 1.54) is 12.1 Å². The van der Waals surface area contributed by atoms with Crippen LogP contribution in [0.5, 0.6) is 5.75 Å². The number of rotatable bonds is 7. The van der Waals surface area contributed by atoms with Gasteiger partial charge in [-0.15, -0.1) is 0 Å². The monoisotopic (exact) mass is 442 g/mol. The van der Waals surface area contributed by atoms with Crippen LogP contribution in [0.2, 0.25) is 0 Å². The summed E-state index contributed by atoms with van der Waals surface area (Å²) in [5.74, 6) is -0.0489. The molecule has 0 aliphatic heterocycles. The van der Waals surface area contributed by atoms with E-state index in [0.29, 0.717) is 4.47 Å². The maximum atomic E-state index is 13.9. The third-order valence-electron chi connectivity index (χ3n) is 4.25. The number of hydrogen-bond acceptors (Lipinski definition) is 3. The lowest BCUT2D eigenvalue weighted by Crippen LogP contribution is -2.32. The second kappa shape index (κ2) is 9.48. The second-order valence-corrected chi connectivity index (χ2v) is 7.09. The molecule has 0 fully saturated rings.